The summed E-state index contributed by atoms with van der Waals surface area (Å²) in [6.45, 7) is 8.52. The molecule has 1 aromatic rings. The van der Waals surface area contributed by atoms with Crippen molar-refractivity contribution in [2.45, 2.75) is 20.0 Å². The van der Waals surface area contributed by atoms with Crippen molar-refractivity contribution in [1.82, 2.24) is 14.9 Å². The third-order valence-corrected chi connectivity index (χ3v) is 3.31. The van der Waals surface area contributed by atoms with Gasteiger partial charge in [0.05, 0.1) is 19.8 Å². The highest BCUT2D eigenvalue weighted by atomic mass is 16.5. The van der Waals surface area contributed by atoms with Gasteiger partial charge in [0.15, 0.2) is 5.82 Å². The number of methoxy groups -OCH3 is 1. The van der Waals surface area contributed by atoms with Crippen LogP contribution in [0.5, 0.6) is 5.88 Å². The number of rotatable bonds is 9. The first kappa shape index (κ1) is 16.9. The summed E-state index contributed by atoms with van der Waals surface area (Å²) in [5.41, 5.74) is 0. The van der Waals surface area contributed by atoms with Gasteiger partial charge < -0.3 is 19.5 Å². The maximum atomic E-state index is 5.61. The van der Waals surface area contributed by atoms with Crippen LogP contribution in [-0.4, -0.2) is 68.0 Å². The molecule has 1 aliphatic rings. The molecule has 0 unspecified atom stereocenters. The van der Waals surface area contributed by atoms with Gasteiger partial charge in [-0.15, -0.1) is 0 Å². The molecule has 7 nitrogen and oxygen atoms in total. The second kappa shape index (κ2) is 9.55. The average molecular weight is 310 g/mol. The molecule has 2 heterocycles. The molecule has 0 bridgehead atoms. The molecule has 0 spiro atoms. The van der Waals surface area contributed by atoms with Crippen molar-refractivity contribution in [3.05, 3.63) is 11.9 Å². The fourth-order valence-corrected chi connectivity index (χ4v) is 2.20. The van der Waals surface area contributed by atoms with Gasteiger partial charge in [-0.25, -0.2) is 4.98 Å². The van der Waals surface area contributed by atoms with Crippen LogP contribution < -0.4 is 10.1 Å². The predicted octanol–water partition coefficient (Wildman–Crippen LogP) is 1.16. The Kier molecular flexibility index (Phi) is 7.35. The van der Waals surface area contributed by atoms with Crippen molar-refractivity contribution in [3.8, 4) is 5.88 Å². The van der Waals surface area contributed by atoms with E-state index >= 15 is 0 Å². The molecule has 0 atom stereocenters. The summed E-state index contributed by atoms with van der Waals surface area (Å²) in [6, 6.07) is 1.84. The molecule has 1 N–H and O–H groups in total. The van der Waals surface area contributed by atoms with Crippen molar-refractivity contribution in [1.29, 1.82) is 0 Å². The first-order valence-electron chi connectivity index (χ1n) is 7.85. The van der Waals surface area contributed by atoms with E-state index in [4.69, 9.17) is 14.2 Å². The molecule has 0 aromatic carbocycles. The third-order valence-electron chi connectivity index (χ3n) is 3.31. The van der Waals surface area contributed by atoms with Crippen molar-refractivity contribution in [3.63, 3.8) is 0 Å². The lowest BCUT2D eigenvalue weighted by atomic mass is 10.4. The minimum absolute atomic E-state index is 0.376. The molecule has 0 saturated carbocycles. The van der Waals surface area contributed by atoms with Gasteiger partial charge in [-0.1, -0.05) is 6.92 Å². The van der Waals surface area contributed by atoms with Gasteiger partial charge in [0.25, 0.3) is 0 Å². The van der Waals surface area contributed by atoms with Gasteiger partial charge in [-0.2, -0.15) is 4.98 Å². The second-order valence-corrected chi connectivity index (χ2v) is 5.17. The number of hydrogen-bond donors (Lipinski definition) is 1. The van der Waals surface area contributed by atoms with Crippen LogP contribution in [0.1, 0.15) is 19.2 Å². The van der Waals surface area contributed by atoms with Crippen LogP contribution in [0, 0.1) is 0 Å². The summed E-state index contributed by atoms with van der Waals surface area (Å²) >= 11 is 0. The molecule has 0 radical (unpaired) electrons. The summed E-state index contributed by atoms with van der Waals surface area (Å²) in [4.78, 5) is 11.2. The van der Waals surface area contributed by atoms with Crippen molar-refractivity contribution in [2.24, 2.45) is 0 Å². The fourth-order valence-electron chi connectivity index (χ4n) is 2.20. The van der Waals surface area contributed by atoms with E-state index in [0.29, 0.717) is 24.9 Å². The van der Waals surface area contributed by atoms with Crippen molar-refractivity contribution in [2.75, 3.05) is 58.4 Å². The van der Waals surface area contributed by atoms with E-state index in [-0.39, 0.29) is 0 Å². The summed E-state index contributed by atoms with van der Waals surface area (Å²) < 4.78 is 16.1. The summed E-state index contributed by atoms with van der Waals surface area (Å²) in [5.74, 6) is 2.00. The topological polar surface area (TPSA) is 68.7 Å². The minimum atomic E-state index is 0.376. The Bertz CT molecular complexity index is 439. The number of morpholine rings is 1. The van der Waals surface area contributed by atoms with Crippen LogP contribution in [0.15, 0.2) is 6.07 Å². The molecule has 2 rings (SSSR count). The predicted molar refractivity (Wildman–Crippen MR) is 84.3 cm³/mol. The molecule has 1 aliphatic heterocycles. The molecule has 7 heteroatoms. The maximum absolute atomic E-state index is 5.61. The minimum Gasteiger partial charge on any atom is -0.478 e. The number of anilines is 1. The Labute approximate surface area is 132 Å². The molecule has 1 fully saturated rings. The lowest BCUT2D eigenvalue weighted by molar-refractivity contribution is 0.0398. The quantitative estimate of drug-likeness (QED) is 0.734. The van der Waals surface area contributed by atoms with E-state index in [9.17, 15) is 0 Å². The number of hydrogen-bond acceptors (Lipinski definition) is 7. The molecule has 1 aromatic heterocycles. The highest BCUT2D eigenvalue weighted by Gasteiger charge is 2.10. The smallest absolute Gasteiger partial charge is 0.218 e. The van der Waals surface area contributed by atoms with Crippen LogP contribution in [0.2, 0.25) is 0 Å². The first-order valence-corrected chi connectivity index (χ1v) is 7.85. The summed E-state index contributed by atoms with van der Waals surface area (Å²) in [7, 11) is 1.63. The number of aromatic nitrogens is 2. The van der Waals surface area contributed by atoms with E-state index in [1.807, 2.05) is 6.07 Å². The van der Waals surface area contributed by atoms with E-state index in [2.05, 4.69) is 27.1 Å². The molecule has 124 valence electrons. The number of nitrogens with zero attached hydrogens (tertiary/aromatic N) is 3. The zero-order valence-electron chi connectivity index (χ0n) is 13.5. The van der Waals surface area contributed by atoms with Gasteiger partial charge in [0, 0.05) is 39.4 Å². The Balaban J connectivity index is 1.88. The van der Waals surface area contributed by atoms with Gasteiger partial charge in [-0.05, 0) is 6.42 Å². The summed E-state index contributed by atoms with van der Waals surface area (Å²) in [5, 5.41) is 3.34. The standard InChI is InChI=1S/C15H26N4O3/c1-3-8-22-15-11-13(17-14(18-15)12-20-2)16-4-5-19-6-9-21-10-7-19/h11H,3-10,12H2,1-2H3,(H,16,17,18). The molecule has 1 saturated heterocycles. The highest BCUT2D eigenvalue weighted by Crippen LogP contribution is 2.14. The van der Waals surface area contributed by atoms with E-state index < -0.39 is 0 Å². The lowest BCUT2D eigenvalue weighted by Gasteiger charge is -2.26. The number of nitrogens with one attached hydrogen (secondary N) is 1. The van der Waals surface area contributed by atoms with E-state index in [1.54, 1.807) is 7.11 Å². The molecular weight excluding hydrogens is 284 g/mol. The Hall–Kier alpha value is -1.44. The molecule has 0 amide bonds. The molecular formula is C15H26N4O3. The average Bonchev–Trinajstić information content (AvgIpc) is 2.54. The Morgan fingerprint density at radius 3 is 2.86 bits per heavy atom. The second-order valence-electron chi connectivity index (χ2n) is 5.17. The summed E-state index contributed by atoms with van der Waals surface area (Å²) in [6.07, 6.45) is 0.948. The monoisotopic (exact) mass is 310 g/mol. The van der Waals surface area contributed by atoms with Gasteiger partial charge in [0.1, 0.15) is 12.4 Å². The first-order chi connectivity index (χ1) is 10.8. The van der Waals surface area contributed by atoms with E-state index in [0.717, 1.165) is 51.6 Å². The van der Waals surface area contributed by atoms with Crippen LogP contribution in [0.4, 0.5) is 5.82 Å². The largest absolute Gasteiger partial charge is 0.478 e. The van der Waals surface area contributed by atoms with Crippen LogP contribution in [0.25, 0.3) is 0 Å². The molecule has 0 aliphatic carbocycles. The zero-order chi connectivity index (χ0) is 15.6. The SMILES string of the molecule is CCCOc1cc(NCCN2CCOCC2)nc(COC)n1. The van der Waals surface area contributed by atoms with Gasteiger partial charge in [0.2, 0.25) is 5.88 Å². The van der Waals surface area contributed by atoms with Crippen LogP contribution in [0.3, 0.4) is 0 Å². The fraction of sp³-hybridized carbons (Fsp3) is 0.733. The Morgan fingerprint density at radius 2 is 2.14 bits per heavy atom. The normalized spacial score (nSPS) is 15.7. The third kappa shape index (κ3) is 5.75. The van der Waals surface area contributed by atoms with Crippen LogP contribution >= 0.6 is 0 Å². The molecule has 22 heavy (non-hydrogen) atoms. The van der Waals surface area contributed by atoms with Gasteiger partial charge in [-0.3, -0.25) is 4.90 Å². The zero-order valence-corrected chi connectivity index (χ0v) is 13.5. The van der Waals surface area contributed by atoms with E-state index in [1.165, 1.54) is 0 Å². The maximum Gasteiger partial charge on any atom is 0.218 e. The number of ether oxygens (including phenoxy) is 3. The van der Waals surface area contributed by atoms with Gasteiger partial charge >= 0.3 is 0 Å². The highest BCUT2D eigenvalue weighted by molar-refractivity contribution is 5.38. The van der Waals surface area contributed by atoms with Crippen molar-refractivity contribution >= 4 is 5.82 Å². The lowest BCUT2D eigenvalue weighted by Crippen LogP contribution is -2.39. The van der Waals surface area contributed by atoms with Crippen LogP contribution in [-0.2, 0) is 16.1 Å². The van der Waals surface area contributed by atoms with Crippen molar-refractivity contribution < 1.29 is 14.2 Å². The Morgan fingerprint density at radius 1 is 1.32 bits per heavy atom.